The van der Waals surface area contributed by atoms with E-state index in [0.29, 0.717) is 12.5 Å². The normalized spacial score (nSPS) is 15.1. The van der Waals surface area contributed by atoms with Crippen molar-refractivity contribution >= 4 is 22.9 Å². The van der Waals surface area contributed by atoms with Crippen molar-refractivity contribution < 1.29 is 9.53 Å². The molecule has 0 saturated carbocycles. The summed E-state index contributed by atoms with van der Waals surface area (Å²) in [7, 11) is 1.67. The number of methoxy groups -OCH3 is 1. The average Bonchev–Trinajstić information content (AvgIpc) is 3.53. The average molecular weight is 469 g/mol. The molecule has 1 amide bonds. The fourth-order valence-electron chi connectivity index (χ4n) is 5.04. The lowest BCUT2D eigenvalue weighted by atomic mass is 10.0. The van der Waals surface area contributed by atoms with Crippen molar-refractivity contribution in [2.45, 2.75) is 39.2 Å². The summed E-state index contributed by atoms with van der Waals surface area (Å²) in [5.41, 5.74) is 4.93. The maximum absolute atomic E-state index is 13.4. The number of carbonyl (C=O) groups is 1. The molecule has 2 aromatic carbocycles. The van der Waals surface area contributed by atoms with Crippen LogP contribution in [0.1, 0.15) is 43.5 Å². The first-order valence-corrected chi connectivity index (χ1v) is 12.3. The highest BCUT2D eigenvalue weighted by atomic mass is 16.5. The third-order valence-electron chi connectivity index (χ3n) is 6.96. The molecule has 35 heavy (non-hydrogen) atoms. The van der Waals surface area contributed by atoms with Gasteiger partial charge in [0.2, 0.25) is 5.91 Å². The van der Waals surface area contributed by atoms with E-state index in [-0.39, 0.29) is 5.91 Å². The predicted molar refractivity (Wildman–Crippen MR) is 140 cm³/mol. The van der Waals surface area contributed by atoms with Gasteiger partial charge in [-0.3, -0.25) is 4.79 Å². The lowest BCUT2D eigenvalue weighted by Gasteiger charge is -2.33. The SMILES string of the molecule is CCC(=Cc1ccc(-n2cnc(C)c2)c(OC)c1)C(=O)N1CCC(n2ccc3ccccc32)CC1. The molecule has 0 radical (unpaired) electrons. The Balaban J connectivity index is 1.30. The highest BCUT2D eigenvalue weighted by Crippen LogP contribution is 2.30. The van der Waals surface area contributed by atoms with E-state index >= 15 is 0 Å². The second-order valence-corrected chi connectivity index (χ2v) is 9.18. The lowest BCUT2D eigenvalue weighted by Crippen LogP contribution is -2.39. The van der Waals surface area contributed by atoms with Gasteiger partial charge in [-0.25, -0.2) is 4.98 Å². The zero-order valence-electron chi connectivity index (χ0n) is 20.6. The summed E-state index contributed by atoms with van der Waals surface area (Å²) in [6.45, 7) is 5.55. The van der Waals surface area contributed by atoms with Crippen LogP contribution in [0.25, 0.3) is 22.7 Å². The van der Waals surface area contributed by atoms with Crippen LogP contribution in [0.4, 0.5) is 0 Å². The zero-order chi connectivity index (χ0) is 24.4. The Bertz CT molecular complexity index is 1370. The largest absolute Gasteiger partial charge is 0.495 e. The summed E-state index contributed by atoms with van der Waals surface area (Å²) in [5, 5.41) is 1.27. The van der Waals surface area contributed by atoms with Crippen LogP contribution in [0.15, 0.2) is 72.8 Å². The van der Waals surface area contributed by atoms with E-state index in [1.54, 1.807) is 13.4 Å². The third kappa shape index (κ3) is 4.61. The molecule has 6 heteroatoms. The zero-order valence-corrected chi connectivity index (χ0v) is 20.6. The van der Waals surface area contributed by atoms with Crippen LogP contribution >= 0.6 is 0 Å². The number of aromatic nitrogens is 3. The van der Waals surface area contributed by atoms with Gasteiger partial charge in [-0.15, -0.1) is 0 Å². The summed E-state index contributed by atoms with van der Waals surface area (Å²) in [5.74, 6) is 0.885. The molecule has 1 fully saturated rings. The number of piperidine rings is 1. The quantitative estimate of drug-likeness (QED) is 0.336. The van der Waals surface area contributed by atoms with E-state index in [9.17, 15) is 4.79 Å². The van der Waals surface area contributed by atoms with Crippen molar-refractivity contribution in [2.24, 2.45) is 0 Å². The molecule has 1 aliphatic rings. The monoisotopic (exact) mass is 468 g/mol. The minimum Gasteiger partial charge on any atom is -0.495 e. The fourth-order valence-corrected chi connectivity index (χ4v) is 5.04. The van der Waals surface area contributed by atoms with E-state index in [1.807, 2.05) is 53.8 Å². The Morgan fingerprint density at radius 3 is 2.66 bits per heavy atom. The maximum atomic E-state index is 13.4. The molecule has 6 nitrogen and oxygen atoms in total. The fraction of sp³-hybridized carbons (Fsp3) is 0.310. The summed E-state index contributed by atoms with van der Waals surface area (Å²) in [4.78, 5) is 19.7. The van der Waals surface area contributed by atoms with Crippen LogP contribution < -0.4 is 4.74 Å². The Kier molecular flexibility index (Phi) is 6.45. The summed E-state index contributed by atoms with van der Waals surface area (Å²) >= 11 is 0. The molecule has 3 heterocycles. The number of nitrogens with zero attached hydrogens (tertiary/aromatic N) is 4. The summed E-state index contributed by atoms with van der Waals surface area (Å²) in [6.07, 6.45) is 10.6. The maximum Gasteiger partial charge on any atom is 0.249 e. The molecule has 1 saturated heterocycles. The Morgan fingerprint density at radius 2 is 1.94 bits per heavy atom. The van der Waals surface area contributed by atoms with Crippen LogP contribution in [0, 0.1) is 6.92 Å². The molecule has 2 aromatic heterocycles. The highest BCUT2D eigenvalue weighted by Gasteiger charge is 2.25. The van der Waals surface area contributed by atoms with Gasteiger partial charge in [0, 0.05) is 42.6 Å². The van der Waals surface area contributed by atoms with Gasteiger partial charge < -0.3 is 18.8 Å². The number of hydrogen-bond donors (Lipinski definition) is 0. The van der Waals surface area contributed by atoms with Gasteiger partial charge in [0.05, 0.1) is 24.8 Å². The summed E-state index contributed by atoms with van der Waals surface area (Å²) in [6, 6.07) is 17.1. The Hall–Kier alpha value is -3.80. The molecule has 1 aliphatic heterocycles. The van der Waals surface area contributed by atoms with Crippen molar-refractivity contribution in [3.8, 4) is 11.4 Å². The number of likely N-dealkylation sites (tertiary alicyclic amines) is 1. The molecule has 0 unspecified atom stereocenters. The number of para-hydroxylation sites is 1. The van der Waals surface area contributed by atoms with Crippen LogP contribution in [0.2, 0.25) is 0 Å². The minimum absolute atomic E-state index is 0.136. The van der Waals surface area contributed by atoms with Gasteiger partial charge >= 0.3 is 0 Å². The van der Waals surface area contributed by atoms with Crippen molar-refractivity contribution in [2.75, 3.05) is 20.2 Å². The number of fused-ring (bicyclic) bond motifs is 1. The second-order valence-electron chi connectivity index (χ2n) is 9.18. The molecule has 4 aromatic rings. The molecular formula is C29H32N4O2. The van der Waals surface area contributed by atoms with Gasteiger partial charge in [0.15, 0.2) is 0 Å². The van der Waals surface area contributed by atoms with E-state index in [4.69, 9.17) is 4.74 Å². The second kappa shape index (κ2) is 9.82. The van der Waals surface area contributed by atoms with Crippen molar-refractivity contribution in [1.82, 2.24) is 19.0 Å². The number of imidazole rings is 1. The van der Waals surface area contributed by atoms with E-state index in [2.05, 4.69) is 46.1 Å². The smallest absolute Gasteiger partial charge is 0.249 e. The van der Waals surface area contributed by atoms with Gasteiger partial charge in [-0.2, -0.15) is 0 Å². The van der Waals surface area contributed by atoms with Gasteiger partial charge in [0.25, 0.3) is 0 Å². The van der Waals surface area contributed by atoms with Crippen LogP contribution in [0.3, 0.4) is 0 Å². The number of hydrogen-bond acceptors (Lipinski definition) is 3. The molecule has 0 atom stereocenters. The van der Waals surface area contributed by atoms with Crippen molar-refractivity contribution in [3.63, 3.8) is 0 Å². The Labute approximate surface area is 206 Å². The number of rotatable bonds is 6. The number of ether oxygens (including phenoxy) is 1. The third-order valence-corrected chi connectivity index (χ3v) is 6.96. The predicted octanol–water partition coefficient (Wildman–Crippen LogP) is 5.80. The molecule has 180 valence electrons. The molecule has 0 bridgehead atoms. The number of amides is 1. The first-order chi connectivity index (χ1) is 17.1. The van der Waals surface area contributed by atoms with Gasteiger partial charge in [-0.05, 0) is 67.5 Å². The number of benzene rings is 2. The van der Waals surface area contributed by atoms with E-state index in [0.717, 1.165) is 54.2 Å². The number of aryl methyl sites for hydroxylation is 1. The molecule has 0 spiro atoms. The standard InChI is InChI=1S/C29H32N4O2/c1-4-23(17-22-9-10-27(28(18-22)35-3)32-19-21(2)30-20-32)29(34)31-14-12-25(13-15-31)33-16-11-24-7-5-6-8-26(24)33/h5-11,16-20,25H,4,12-15H2,1-3H3. The van der Waals surface area contributed by atoms with Crippen LogP contribution in [0.5, 0.6) is 5.75 Å². The van der Waals surface area contributed by atoms with Crippen molar-refractivity contribution in [3.05, 3.63) is 84.1 Å². The van der Waals surface area contributed by atoms with Crippen molar-refractivity contribution in [1.29, 1.82) is 0 Å². The first kappa shape index (κ1) is 23.0. The minimum atomic E-state index is 0.136. The first-order valence-electron chi connectivity index (χ1n) is 12.3. The summed E-state index contributed by atoms with van der Waals surface area (Å²) < 4.78 is 9.97. The molecule has 0 aliphatic carbocycles. The van der Waals surface area contributed by atoms with Gasteiger partial charge in [-0.1, -0.05) is 31.2 Å². The van der Waals surface area contributed by atoms with Crippen LogP contribution in [-0.2, 0) is 4.79 Å². The highest BCUT2D eigenvalue weighted by molar-refractivity contribution is 5.98. The van der Waals surface area contributed by atoms with E-state index < -0.39 is 0 Å². The topological polar surface area (TPSA) is 52.3 Å². The van der Waals surface area contributed by atoms with Gasteiger partial charge in [0.1, 0.15) is 5.75 Å². The molecular weight excluding hydrogens is 436 g/mol. The molecule has 0 N–H and O–H groups in total. The Morgan fingerprint density at radius 1 is 1.14 bits per heavy atom. The van der Waals surface area contributed by atoms with Crippen LogP contribution in [-0.4, -0.2) is 45.1 Å². The lowest BCUT2D eigenvalue weighted by molar-refractivity contribution is -0.128. The number of carbonyl (C=O) groups excluding carboxylic acids is 1. The molecule has 5 rings (SSSR count). The van der Waals surface area contributed by atoms with E-state index in [1.165, 1.54) is 10.9 Å².